The molecular formula is C16H28N2O. The van der Waals surface area contributed by atoms with Crippen molar-refractivity contribution in [2.75, 3.05) is 6.54 Å². The van der Waals surface area contributed by atoms with Crippen LogP contribution in [0.1, 0.15) is 58.8 Å². The summed E-state index contributed by atoms with van der Waals surface area (Å²) in [6, 6.07) is 4.27. The number of furan rings is 1. The molecule has 3 heteroatoms. The molecule has 0 spiro atoms. The average molecular weight is 264 g/mol. The number of aryl methyl sites for hydroxylation is 1. The molecule has 1 atom stereocenters. The number of hydrogen-bond donors (Lipinski definition) is 1. The predicted molar refractivity (Wildman–Crippen MR) is 83.5 cm³/mol. The van der Waals surface area contributed by atoms with Gasteiger partial charge in [-0.2, -0.15) is 0 Å². The molecule has 0 amide bonds. The lowest BCUT2D eigenvalue weighted by Crippen LogP contribution is -2.18. The molecule has 1 N–H and O–H groups in total. The lowest BCUT2D eigenvalue weighted by molar-refractivity contribution is 0.582. The molecule has 0 aliphatic carbocycles. The molecule has 0 aliphatic rings. The summed E-state index contributed by atoms with van der Waals surface area (Å²) in [5.41, 5.74) is 4.05. The van der Waals surface area contributed by atoms with Crippen LogP contribution in [0.5, 0.6) is 0 Å². The zero-order valence-corrected chi connectivity index (χ0v) is 13.4. The summed E-state index contributed by atoms with van der Waals surface area (Å²) in [5.74, 6) is 0. The van der Waals surface area contributed by atoms with Gasteiger partial charge in [-0.15, -0.1) is 0 Å². The third kappa shape index (κ3) is 4.67. The maximum atomic E-state index is 5.36. The molecular weight excluding hydrogens is 236 g/mol. The van der Waals surface area contributed by atoms with Gasteiger partial charge in [0.2, 0.25) is 0 Å². The van der Waals surface area contributed by atoms with E-state index in [1.807, 2.05) is 33.8 Å². The monoisotopic (exact) mass is 264 g/mol. The molecule has 0 fully saturated rings. The summed E-state index contributed by atoms with van der Waals surface area (Å²) in [5, 5.41) is 3.35. The SMILES string of the molecule is CC.CC.CCNC(C)c1cc(C)c2occc2n1. The third-order valence-corrected chi connectivity index (χ3v) is 2.57. The van der Waals surface area contributed by atoms with Crippen LogP contribution in [0.25, 0.3) is 11.1 Å². The second-order valence-corrected chi connectivity index (χ2v) is 3.78. The number of rotatable bonds is 3. The van der Waals surface area contributed by atoms with E-state index in [9.17, 15) is 0 Å². The van der Waals surface area contributed by atoms with Crippen LogP contribution in [0.4, 0.5) is 0 Å². The molecule has 0 radical (unpaired) electrons. The van der Waals surface area contributed by atoms with Crippen molar-refractivity contribution >= 4 is 11.1 Å². The second kappa shape index (κ2) is 9.56. The maximum absolute atomic E-state index is 5.36. The minimum atomic E-state index is 0.285. The largest absolute Gasteiger partial charge is 0.462 e. The summed E-state index contributed by atoms with van der Waals surface area (Å²) in [4.78, 5) is 4.56. The van der Waals surface area contributed by atoms with Gasteiger partial charge in [-0.25, -0.2) is 4.98 Å². The van der Waals surface area contributed by atoms with Gasteiger partial charge in [-0.05, 0) is 32.0 Å². The Balaban J connectivity index is 0.000000741. The smallest absolute Gasteiger partial charge is 0.155 e. The summed E-state index contributed by atoms with van der Waals surface area (Å²) in [6.07, 6.45) is 1.69. The number of hydrogen-bond acceptors (Lipinski definition) is 3. The van der Waals surface area contributed by atoms with Gasteiger partial charge in [0.25, 0.3) is 0 Å². The number of pyridine rings is 1. The van der Waals surface area contributed by atoms with E-state index < -0.39 is 0 Å². The van der Waals surface area contributed by atoms with E-state index in [4.69, 9.17) is 4.42 Å². The Hall–Kier alpha value is -1.35. The molecule has 0 aromatic carbocycles. The molecule has 19 heavy (non-hydrogen) atoms. The van der Waals surface area contributed by atoms with Gasteiger partial charge < -0.3 is 9.73 Å². The van der Waals surface area contributed by atoms with Crippen LogP contribution < -0.4 is 5.32 Å². The fourth-order valence-corrected chi connectivity index (χ4v) is 1.78. The van der Waals surface area contributed by atoms with Crippen LogP contribution in [-0.2, 0) is 0 Å². The summed E-state index contributed by atoms with van der Waals surface area (Å²) in [6.45, 7) is 15.2. The first-order valence-electron chi connectivity index (χ1n) is 7.30. The minimum absolute atomic E-state index is 0.285. The van der Waals surface area contributed by atoms with E-state index in [0.717, 1.165) is 28.9 Å². The van der Waals surface area contributed by atoms with Crippen molar-refractivity contribution in [1.29, 1.82) is 0 Å². The fourth-order valence-electron chi connectivity index (χ4n) is 1.78. The normalized spacial score (nSPS) is 11.1. The van der Waals surface area contributed by atoms with E-state index in [0.29, 0.717) is 0 Å². The van der Waals surface area contributed by atoms with Crippen molar-refractivity contribution in [3.8, 4) is 0 Å². The fraction of sp³-hybridized carbons (Fsp3) is 0.562. The molecule has 2 aromatic rings. The van der Waals surface area contributed by atoms with Gasteiger partial charge >= 0.3 is 0 Å². The van der Waals surface area contributed by atoms with Crippen molar-refractivity contribution in [3.63, 3.8) is 0 Å². The predicted octanol–water partition coefficient (Wildman–Crippen LogP) is 4.86. The quantitative estimate of drug-likeness (QED) is 0.860. The van der Waals surface area contributed by atoms with Crippen molar-refractivity contribution in [1.82, 2.24) is 10.3 Å². The molecule has 108 valence electrons. The first-order chi connectivity index (χ1) is 9.22. The average Bonchev–Trinajstić information content (AvgIpc) is 2.92. The Morgan fingerprint density at radius 1 is 1.26 bits per heavy atom. The van der Waals surface area contributed by atoms with E-state index in [-0.39, 0.29) is 6.04 Å². The highest BCUT2D eigenvalue weighted by atomic mass is 16.3. The van der Waals surface area contributed by atoms with E-state index in [1.54, 1.807) is 6.26 Å². The van der Waals surface area contributed by atoms with Crippen molar-refractivity contribution in [2.24, 2.45) is 0 Å². The van der Waals surface area contributed by atoms with E-state index in [2.05, 4.69) is 37.1 Å². The summed E-state index contributed by atoms with van der Waals surface area (Å²) >= 11 is 0. The van der Waals surface area contributed by atoms with Gasteiger partial charge in [-0.3, -0.25) is 0 Å². The molecule has 0 saturated heterocycles. The lowest BCUT2D eigenvalue weighted by Gasteiger charge is -2.12. The number of fused-ring (bicyclic) bond motifs is 1. The standard InChI is InChI=1S/C12H16N2O.2C2H6/c1-4-13-9(3)11-7-8(2)12-10(14-11)5-6-15-12;2*1-2/h5-7,9,13H,4H2,1-3H3;2*1-2H3. The first-order valence-corrected chi connectivity index (χ1v) is 7.30. The summed E-state index contributed by atoms with van der Waals surface area (Å²) < 4.78 is 5.36. The van der Waals surface area contributed by atoms with Crippen molar-refractivity contribution in [3.05, 3.63) is 29.7 Å². The van der Waals surface area contributed by atoms with Gasteiger partial charge in [0.05, 0.1) is 12.0 Å². The second-order valence-electron chi connectivity index (χ2n) is 3.78. The Kier molecular flexibility index (Phi) is 8.88. The number of aromatic nitrogens is 1. The molecule has 0 bridgehead atoms. The molecule has 1 unspecified atom stereocenters. The third-order valence-electron chi connectivity index (χ3n) is 2.57. The Bertz CT molecular complexity index is 463. The van der Waals surface area contributed by atoms with Crippen molar-refractivity contribution in [2.45, 2.75) is 54.5 Å². The Morgan fingerprint density at radius 2 is 1.89 bits per heavy atom. The minimum Gasteiger partial charge on any atom is -0.462 e. The van der Waals surface area contributed by atoms with Gasteiger partial charge in [0.15, 0.2) is 5.58 Å². The number of nitrogens with zero attached hydrogens (tertiary/aromatic N) is 1. The van der Waals surface area contributed by atoms with Crippen LogP contribution in [0.3, 0.4) is 0 Å². The van der Waals surface area contributed by atoms with Crippen LogP contribution in [-0.4, -0.2) is 11.5 Å². The Morgan fingerprint density at radius 3 is 2.47 bits per heavy atom. The zero-order valence-electron chi connectivity index (χ0n) is 13.4. The summed E-state index contributed by atoms with van der Waals surface area (Å²) in [7, 11) is 0. The van der Waals surface area contributed by atoms with Crippen LogP contribution >= 0.6 is 0 Å². The number of nitrogens with one attached hydrogen (secondary N) is 1. The highest BCUT2D eigenvalue weighted by Gasteiger charge is 2.09. The van der Waals surface area contributed by atoms with Crippen LogP contribution in [0, 0.1) is 6.92 Å². The lowest BCUT2D eigenvalue weighted by atomic mass is 10.1. The maximum Gasteiger partial charge on any atom is 0.155 e. The Labute approximate surface area is 117 Å². The van der Waals surface area contributed by atoms with Gasteiger partial charge in [-0.1, -0.05) is 34.6 Å². The molecule has 0 saturated carbocycles. The molecule has 2 aromatic heterocycles. The first kappa shape index (κ1) is 17.6. The molecule has 2 heterocycles. The van der Waals surface area contributed by atoms with Crippen LogP contribution in [0.2, 0.25) is 0 Å². The van der Waals surface area contributed by atoms with E-state index in [1.165, 1.54) is 0 Å². The highest BCUT2D eigenvalue weighted by Crippen LogP contribution is 2.21. The molecule has 3 nitrogen and oxygen atoms in total. The molecule has 0 aliphatic heterocycles. The van der Waals surface area contributed by atoms with Crippen molar-refractivity contribution < 1.29 is 4.42 Å². The van der Waals surface area contributed by atoms with Gasteiger partial charge in [0, 0.05) is 12.1 Å². The van der Waals surface area contributed by atoms with E-state index >= 15 is 0 Å². The zero-order chi connectivity index (χ0) is 14.8. The topological polar surface area (TPSA) is 38.1 Å². The van der Waals surface area contributed by atoms with Gasteiger partial charge in [0.1, 0.15) is 5.52 Å². The van der Waals surface area contributed by atoms with Crippen LogP contribution in [0.15, 0.2) is 22.8 Å². The highest BCUT2D eigenvalue weighted by molar-refractivity contribution is 5.76. The molecule has 2 rings (SSSR count).